The van der Waals surface area contributed by atoms with Gasteiger partial charge < -0.3 is 5.73 Å². The minimum Gasteiger partial charge on any atom is -0.387 e. The average Bonchev–Trinajstić information content (AvgIpc) is 2.60. The molecule has 0 amide bonds. The molecule has 1 aromatic rings. The van der Waals surface area contributed by atoms with E-state index in [2.05, 4.69) is 0 Å². The van der Waals surface area contributed by atoms with Crippen molar-refractivity contribution in [2.45, 2.75) is 16.6 Å². The summed E-state index contributed by atoms with van der Waals surface area (Å²) in [4.78, 5) is 11.2. The Balaban J connectivity index is 2.41. The molecule has 1 heterocycles. The molecule has 0 radical (unpaired) electrons. The highest BCUT2D eigenvalue weighted by molar-refractivity contribution is 8.01. The molecule has 1 atom stereocenters. The predicted octanol–water partition coefficient (Wildman–Crippen LogP) is 1.55. The van der Waals surface area contributed by atoms with E-state index >= 15 is 0 Å². The number of nitrogens with two attached hydrogens (primary N) is 1. The van der Waals surface area contributed by atoms with E-state index in [9.17, 15) is 10.1 Å². The lowest BCUT2D eigenvalue weighted by Gasteiger charge is -2.03. The van der Waals surface area contributed by atoms with Crippen molar-refractivity contribution in [1.82, 2.24) is 0 Å². The first-order valence-corrected chi connectivity index (χ1v) is 5.24. The molecule has 0 spiro atoms. The highest BCUT2D eigenvalue weighted by atomic mass is 32.2. The van der Waals surface area contributed by atoms with Crippen molar-refractivity contribution < 1.29 is 4.92 Å². The minimum absolute atomic E-state index is 0.0745. The van der Waals surface area contributed by atoms with Gasteiger partial charge in [-0.05, 0) is 12.5 Å². The molecule has 3 N–H and O–H groups in total. The van der Waals surface area contributed by atoms with Gasteiger partial charge in [0.25, 0.3) is 5.69 Å². The molecule has 1 aromatic carbocycles. The monoisotopic (exact) mass is 223 g/mol. The number of nitro benzene ring substituents is 1. The average molecular weight is 223 g/mol. The first-order chi connectivity index (χ1) is 7.09. The van der Waals surface area contributed by atoms with Gasteiger partial charge in [0, 0.05) is 16.5 Å². The maximum atomic E-state index is 10.7. The molecule has 0 aliphatic carbocycles. The van der Waals surface area contributed by atoms with Gasteiger partial charge in [-0.25, -0.2) is 0 Å². The van der Waals surface area contributed by atoms with Crippen LogP contribution in [0.1, 0.15) is 5.56 Å². The maximum Gasteiger partial charge on any atom is 0.273 e. The number of fused-ring (bicyclic) bond motifs is 1. The van der Waals surface area contributed by atoms with Crippen LogP contribution < -0.4 is 5.73 Å². The van der Waals surface area contributed by atoms with Crippen LogP contribution in [0, 0.1) is 15.5 Å². The van der Waals surface area contributed by atoms with E-state index in [-0.39, 0.29) is 21.7 Å². The number of hydrogen-bond donors (Lipinski definition) is 2. The molecule has 0 fully saturated rings. The zero-order valence-electron chi connectivity index (χ0n) is 7.77. The molecule has 1 unspecified atom stereocenters. The van der Waals surface area contributed by atoms with Gasteiger partial charge in [0.15, 0.2) is 0 Å². The Bertz CT molecular complexity index is 447. The van der Waals surface area contributed by atoms with E-state index in [1.807, 2.05) is 6.07 Å². The molecule has 0 saturated heterocycles. The Kier molecular flexibility index (Phi) is 2.36. The van der Waals surface area contributed by atoms with Crippen molar-refractivity contribution in [2.24, 2.45) is 5.73 Å². The molecular formula is C9H9N3O2S. The van der Waals surface area contributed by atoms with E-state index in [0.29, 0.717) is 12.0 Å². The third-order valence-corrected chi connectivity index (χ3v) is 3.65. The van der Waals surface area contributed by atoms with Gasteiger partial charge >= 0.3 is 0 Å². The first kappa shape index (κ1) is 9.97. The zero-order valence-corrected chi connectivity index (χ0v) is 8.58. The molecule has 0 saturated carbocycles. The molecule has 2 rings (SSSR count). The molecule has 5 nitrogen and oxygen atoms in total. The summed E-state index contributed by atoms with van der Waals surface area (Å²) in [5.41, 5.74) is 6.23. The second-order valence-electron chi connectivity index (χ2n) is 3.28. The van der Waals surface area contributed by atoms with Crippen LogP contribution in [0.15, 0.2) is 23.1 Å². The summed E-state index contributed by atoms with van der Waals surface area (Å²) in [5.74, 6) is 0.0745. The van der Waals surface area contributed by atoms with Crippen LogP contribution in [0.4, 0.5) is 5.69 Å². The molecule has 15 heavy (non-hydrogen) atoms. The van der Waals surface area contributed by atoms with Crippen molar-refractivity contribution >= 4 is 23.3 Å². The van der Waals surface area contributed by atoms with E-state index in [1.165, 1.54) is 17.8 Å². The third-order valence-electron chi connectivity index (χ3n) is 2.31. The fraction of sp³-hybridized carbons (Fsp3) is 0.222. The summed E-state index contributed by atoms with van der Waals surface area (Å²) in [5, 5.41) is 17.9. The van der Waals surface area contributed by atoms with Gasteiger partial charge in [-0.2, -0.15) is 0 Å². The summed E-state index contributed by atoms with van der Waals surface area (Å²) in [6.07, 6.45) is 0.479. The lowest BCUT2D eigenvalue weighted by atomic mass is 10.1. The van der Waals surface area contributed by atoms with E-state index < -0.39 is 0 Å². The Morgan fingerprint density at radius 2 is 2.40 bits per heavy atom. The lowest BCUT2D eigenvalue weighted by molar-refractivity contribution is -0.385. The van der Waals surface area contributed by atoms with Crippen molar-refractivity contribution in [3.8, 4) is 0 Å². The SMILES string of the molecule is N=C(N)C1Cc2c(cccc2[N+](=O)[O-])S1. The fourth-order valence-electron chi connectivity index (χ4n) is 1.59. The summed E-state index contributed by atoms with van der Waals surface area (Å²) in [6, 6.07) is 4.98. The van der Waals surface area contributed by atoms with Crippen LogP contribution in [0.3, 0.4) is 0 Å². The lowest BCUT2D eigenvalue weighted by Crippen LogP contribution is -2.24. The van der Waals surface area contributed by atoms with Crippen LogP contribution in [0.2, 0.25) is 0 Å². The summed E-state index contributed by atoms with van der Waals surface area (Å²) >= 11 is 1.42. The Hall–Kier alpha value is -1.56. The zero-order chi connectivity index (χ0) is 11.0. The van der Waals surface area contributed by atoms with Crippen molar-refractivity contribution in [3.05, 3.63) is 33.9 Å². The maximum absolute atomic E-state index is 10.7. The van der Waals surface area contributed by atoms with Gasteiger partial charge in [-0.3, -0.25) is 15.5 Å². The van der Waals surface area contributed by atoms with Gasteiger partial charge in [-0.1, -0.05) is 6.07 Å². The first-order valence-electron chi connectivity index (χ1n) is 4.36. The van der Waals surface area contributed by atoms with Gasteiger partial charge in [0.1, 0.15) is 5.84 Å². The predicted molar refractivity (Wildman–Crippen MR) is 58.4 cm³/mol. The van der Waals surface area contributed by atoms with Crippen LogP contribution >= 0.6 is 11.8 Å². The highest BCUT2D eigenvalue weighted by Crippen LogP contribution is 2.41. The normalized spacial score (nSPS) is 18.5. The second kappa shape index (κ2) is 3.54. The van der Waals surface area contributed by atoms with Crippen molar-refractivity contribution in [2.75, 3.05) is 0 Å². The van der Waals surface area contributed by atoms with Crippen LogP contribution in [0.25, 0.3) is 0 Å². The molecule has 6 heteroatoms. The highest BCUT2D eigenvalue weighted by Gasteiger charge is 2.30. The minimum atomic E-state index is -0.387. The Labute approximate surface area is 90.3 Å². The fourth-order valence-corrected chi connectivity index (χ4v) is 2.77. The molecule has 78 valence electrons. The van der Waals surface area contributed by atoms with Crippen LogP contribution in [-0.4, -0.2) is 16.0 Å². The summed E-state index contributed by atoms with van der Waals surface area (Å²) in [7, 11) is 0. The number of hydrogen-bond acceptors (Lipinski definition) is 4. The summed E-state index contributed by atoms with van der Waals surface area (Å²) < 4.78 is 0. The van der Waals surface area contributed by atoms with Gasteiger partial charge in [0.2, 0.25) is 0 Å². The number of nitrogens with one attached hydrogen (secondary N) is 1. The third kappa shape index (κ3) is 1.68. The number of amidine groups is 1. The van der Waals surface area contributed by atoms with Gasteiger partial charge in [-0.15, -0.1) is 11.8 Å². The largest absolute Gasteiger partial charge is 0.387 e. The molecule has 1 aliphatic rings. The number of benzene rings is 1. The molecule has 0 aromatic heterocycles. The Morgan fingerprint density at radius 3 is 3.00 bits per heavy atom. The Morgan fingerprint density at radius 1 is 1.67 bits per heavy atom. The van der Waals surface area contributed by atoms with Crippen LogP contribution in [-0.2, 0) is 6.42 Å². The van der Waals surface area contributed by atoms with E-state index in [4.69, 9.17) is 11.1 Å². The van der Waals surface area contributed by atoms with Gasteiger partial charge in [0.05, 0.1) is 10.2 Å². The smallest absolute Gasteiger partial charge is 0.273 e. The number of nitrogens with zero attached hydrogens (tertiary/aromatic N) is 1. The van der Waals surface area contributed by atoms with Crippen molar-refractivity contribution in [3.63, 3.8) is 0 Å². The van der Waals surface area contributed by atoms with E-state index in [0.717, 1.165) is 4.90 Å². The quantitative estimate of drug-likeness (QED) is 0.344. The standard InChI is InChI=1S/C9H9N3O2S/c10-9(11)8-4-5-6(12(13)14)2-1-3-7(5)15-8/h1-3,8H,4H2,(H3,10,11). The molecule has 0 bridgehead atoms. The summed E-state index contributed by atoms with van der Waals surface area (Å²) in [6.45, 7) is 0. The number of rotatable bonds is 2. The molecule has 1 aliphatic heterocycles. The van der Waals surface area contributed by atoms with Crippen LogP contribution in [0.5, 0.6) is 0 Å². The number of nitro groups is 1. The molecular weight excluding hydrogens is 214 g/mol. The van der Waals surface area contributed by atoms with E-state index in [1.54, 1.807) is 6.07 Å². The topological polar surface area (TPSA) is 93.0 Å². The second-order valence-corrected chi connectivity index (χ2v) is 4.52. The number of thioether (sulfide) groups is 1. The van der Waals surface area contributed by atoms with Crippen molar-refractivity contribution in [1.29, 1.82) is 5.41 Å².